The number of aryl methyl sites for hydroxylation is 2. The smallest absolute Gasteiger partial charge is 0.241 e. The number of hydrogen-bond donors (Lipinski definition) is 1. The second-order valence-electron chi connectivity index (χ2n) is 4.17. The summed E-state index contributed by atoms with van der Waals surface area (Å²) in [5.74, 6) is -0.0508. The molecule has 0 fully saturated rings. The minimum Gasteiger partial charge on any atom is -0.360 e. The number of hydrogen-bond acceptors (Lipinski definition) is 4. The van der Waals surface area contributed by atoms with Crippen molar-refractivity contribution in [2.45, 2.75) is 25.3 Å². The molecule has 1 heterocycles. The first kappa shape index (κ1) is 13.7. The second kappa shape index (κ2) is 5.10. The molecule has 2 aromatic rings. The van der Waals surface area contributed by atoms with E-state index in [9.17, 15) is 12.8 Å². The van der Waals surface area contributed by atoms with E-state index < -0.39 is 15.8 Å². The lowest BCUT2D eigenvalue weighted by atomic mass is 10.1. The average Bonchev–Trinajstić information content (AvgIpc) is 2.77. The molecule has 0 unspecified atom stereocenters. The summed E-state index contributed by atoms with van der Waals surface area (Å²) in [4.78, 5) is 0.0911. The van der Waals surface area contributed by atoms with Gasteiger partial charge in [-0.1, -0.05) is 5.16 Å². The highest BCUT2D eigenvalue weighted by Crippen LogP contribution is 2.21. The number of benzene rings is 1. The van der Waals surface area contributed by atoms with Gasteiger partial charge >= 0.3 is 0 Å². The zero-order valence-corrected chi connectivity index (χ0v) is 11.3. The standard InChI is InChI=1S/C12H13FN2O3S/c1-8-5-10(13)6-9(2)12(8)19(16,17)15-7-11-3-4-14-18-11/h3-6,15H,7H2,1-2H3. The van der Waals surface area contributed by atoms with Crippen LogP contribution in [0.15, 0.2) is 33.8 Å². The fraction of sp³-hybridized carbons (Fsp3) is 0.250. The number of halogens is 1. The topological polar surface area (TPSA) is 72.2 Å². The van der Waals surface area contributed by atoms with Crippen LogP contribution in [0.4, 0.5) is 4.39 Å². The first-order valence-corrected chi connectivity index (χ1v) is 7.04. The molecular formula is C12H13FN2O3S. The van der Waals surface area contributed by atoms with Gasteiger partial charge in [-0.25, -0.2) is 17.5 Å². The maximum absolute atomic E-state index is 13.2. The Labute approximate surface area is 110 Å². The number of nitrogens with one attached hydrogen (secondary N) is 1. The van der Waals surface area contributed by atoms with Crippen molar-refractivity contribution in [3.63, 3.8) is 0 Å². The van der Waals surface area contributed by atoms with E-state index in [0.717, 1.165) is 0 Å². The molecule has 0 saturated heterocycles. The SMILES string of the molecule is Cc1cc(F)cc(C)c1S(=O)(=O)NCc1ccno1. The third kappa shape index (κ3) is 2.99. The van der Waals surface area contributed by atoms with E-state index in [0.29, 0.717) is 16.9 Å². The fourth-order valence-electron chi connectivity index (χ4n) is 1.89. The highest BCUT2D eigenvalue weighted by Gasteiger charge is 2.20. The number of rotatable bonds is 4. The maximum atomic E-state index is 13.2. The third-order valence-corrected chi connectivity index (χ3v) is 4.33. The van der Waals surface area contributed by atoms with Gasteiger partial charge < -0.3 is 4.52 Å². The van der Waals surface area contributed by atoms with Gasteiger partial charge in [0.05, 0.1) is 17.6 Å². The largest absolute Gasteiger partial charge is 0.360 e. The monoisotopic (exact) mass is 284 g/mol. The quantitative estimate of drug-likeness (QED) is 0.931. The Balaban J connectivity index is 2.29. The van der Waals surface area contributed by atoms with Crippen molar-refractivity contribution in [2.24, 2.45) is 0 Å². The summed E-state index contributed by atoms with van der Waals surface area (Å²) < 4.78 is 44.7. The van der Waals surface area contributed by atoms with Gasteiger partial charge in [-0.2, -0.15) is 0 Å². The lowest BCUT2D eigenvalue weighted by Crippen LogP contribution is -2.24. The van der Waals surface area contributed by atoms with Gasteiger partial charge in [0.15, 0.2) is 5.76 Å². The Morgan fingerprint density at radius 2 is 1.95 bits per heavy atom. The van der Waals surface area contributed by atoms with Crippen LogP contribution < -0.4 is 4.72 Å². The molecule has 0 aliphatic rings. The summed E-state index contributed by atoms with van der Waals surface area (Å²) in [7, 11) is -3.72. The van der Waals surface area contributed by atoms with E-state index in [1.165, 1.54) is 18.3 Å². The predicted octanol–water partition coefficient (Wildman–Crippen LogP) is 1.91. The van der Waals surface area contributed by atoms with Crippen LogP contribution in [0.2, 0.25) is 0 Å². The molecular weight excluding hydrogens is 271 g/mol. The molecule has 0 aliphatic heterocycles. The Morgan fingerprint density at radius 3 is 2.47 bits per heavy atom. The molecule has 1 N–H and O–H groups in total. The molecule has 0 saturated carbocycles. The van der Waals surface area contributed by atoms with Gasteiger partial charge in [-0.3, -0.25) is 0 Å². The molecule has 0 bridgehead atoms. The normalized spacial score (nSPS) is 11.7. The molecule has 0 atom stereocenters. The number of nitrogens with zero attached hydrogens (tertiary/aromatic N) is 1. The van der Waals surface area contributed by atoms with Gasteiger partial charge in [0.1, 0.15) is 5.82 Å². The van der Waals surface area contributed by atoms with Crippen molar-refractivity contribution in [1.82, 2.24) is 9.88 Å². The number of sulfonamides is 1. The van der Waals surface area contributed by atoms with Gasteiger partial charge in [0.2, 0.25) is 10.0 Å². The zero-order chi connectivity index (χ0) is 14.0. The van der Waals surface area contributed by atoms with Crippen LogP contribution in [-0.2, 0) is 16.6 Å². The van der Waals surface area contributed by atoms with Gasteiger partial charge in [0, 0.05) is 6.07 Å². The van der Waals surface area contributed by atoms with Crippen molar-refractivity contribution >= 4 is 10.0 Å². The maximum Gasteiger partial charge on any atom is 0.241 e. The van der Waals surface area contributed by atoms with Gasteiger partial charge in [0.25, 0.3) is 0 Å². The van der Waals surface area contributed by atoms with Gasteiger partial charge in [-0.15, -0.1) is 0 Å². The molecule has 5 nitrogen and oxygen atoms in total. The van der Waals surface area contributed by atoms with E-state index in [4.69, 9.17) is 4.52 Å². The molecule has 0 amide bonds. The summed E-state index contributed by atoms with van der Waals surface area (Å²) in [5.41, 5.74) is 0.727. The first-order valence-electron chi connectivity index (χ1n) is 5.56. The highest BCUT2D eigenvalue weighted by molar-refractivity contribution is 7.89. The summed E-state index contributed by atoms with van der Waals surface area (Å²) in [6, 6.07) is 3.94. The van der Waals surface area contributed by atoms with Crippen molar-refractivity contribution in [3.8, 4) is 0 Å². The molecule has 2 rings (SSSR count). The molecule has 0 radical (unpaired) electrons. The summed E-state index contributed by atoms with van der Waals surface area (Å²) >= 11 is 0. The van der Waals surface area contributed by atoms with E-state index >= 15 is 0 Å². The summed E-state index contributed by atoms with van der Waals surface area (Å²) in [6.07, 6.45) is 1.43. The first-order chi connectivity index (χ1) is 8.90. The van der Waals surface area contributed by atoms with Crippen molar-refractivity contribution in [2.75, 3.05) is 0 Å². The Kier molecular flexibility index (Phi) is 3.68. The van der Waals surface area contributed by atoms with Crippen LogP contribution in [0.3, 0.4) is 0 Å². The van der Waals surface area contributed by atoms with E-state index in [1.54, 1.807) is 19.9 Å². The summed E-state index contributed by atoms with van der Waals surface area (Å²) in [5, 5.41) is 3.48. The molecule has 19 heavy (non-hydrogen) atoms. The van der Waals surface area contributed by atoms with Crippen LogP contribution in [-0.4, -0.2) is 13.6 Å². The molecule has 1 aromatic heterocycles. The summed E-state index contributed by atoms with van der Waals surface area (Å²) in [6.45, 7) is 3.11. The Hall–Kier alpha value is -1.73. The van der Waals surface area contributed by atoms with Crippen molar-refractivity contribution < 1.29 is 17.3 Å². The van der Waals surface area contributed by atoms with Gasteiger partial charge in [-0.05, 0) is 37.1 Å². The van der Waals surface area contributed by atoms with Crippen LogP contribution in [0.1, 0.15) is 16.9 Å². The molecule has 0 spiro atoms. The Morgan fingerprint density at radius 1 is 1.32 bits per heavy atom. The lowest BCUT2D eigenvalue weighted by Gasteiger charge is -2.11. The average molecular weight is 284 g/mol. The second-order valence-corrected chi connectivity index (χ2v) is 5.88. The van der Waals surface area contributed by atoms with Crippen LogP contribution in [0.5, 0.6) is 0 Å². The van der Waals surface area contributed by atoms with Crippen molar-refractivity contribution in [3.05, 3.63) is 47.1 Å². The fourth-order valence-corrected chi connectivity index (χ4v) is 3.34. The van der Waals surface area contributed by atoms with E-state index in [-0.39, 0.29) is 11.4 Å². The van der Waals surface area contributed by atoms with E-state index in [1.807, 2.05) is 0 Å². The highest BCUT2D eigenvalue weighted by atomic mass is 32.2. The lowest BCUT2D eigenvalue weighted by molar-refractivity contribution is 0.380. The number of aromatic nitrogens is 1. The Bertz CT molecular complexity index is 658. The zero-order valence-electron chi connectivity index (χ0n) is 10.5. The minimum atomic E-state index is -3.72. The predicted molar refractivity (Wildman–Crippen MR) is 66.4 cm³/mol. The van der Waals surface area contributed by atoms with Crippen LogP contribution >= 0.6 is 0 Å². The molecule has 0 aliphatic carbocycles. The van der Waals surface area contributed by atoms with Crippen LogP contribution in [0, 0.1) is 19.7 Å². The van der Waals surface area contributed by atoms with E-state index in [2.05, 4.69) is 9.88 Å². The third-order valence-electron chi connectivity index (χ3n) is 2.62. The van der Waals surface area contributed by atoms with Crippen LogP contribution in [0.25, 0.3) is 0 Å². The molecule has 7 heteroatoms. The molecule has 1 aromatic carbocycles. The minimum absolute atomic E-state index is 0.00140. The van der Waals surface area contributed by atoms with Crippen molar-refractivity contribution in [1.29, 1.82) is 0 Å². The molecule has 102 valence electrons.